The fourth-order valence-electron chi connectivity index (χ4n) is 2.96. The number of amides is 1. The fraction of sp³-hybridized carbons (Fsp3) is 0.636. The van der Waals surface area contributed by atoms with Gasteiger partial charge in [-0.05, 0) is 64.4 Å². The van der Waals surface area contributed by atoms with Crippen molar-refractivity contribution in [1.82, 2.24) is 15.5 Å². The van der Waals surface area contributed by atoms with Crippen LogP contribution in [0.25, 0.3) is 0 Å². The van der Waals surface area contributed by atoms with Crippen LogP contribution in [0, 0.1) is 5.41 Å². The van der Waals surface area contributed by atoms with Crippen LogP contribution in [0.2, 0.25) is 0 Å². The van der Waals surface area contributed by atoms with Crippen LogP contribution >= 0.6 is 24.0 Å². The lowest BCUT2D eigenvalue weighted by molar-refractivity contribution is 0.0636. The van der Waals surface area contributed by atoms with Gasteiger partial charge in [-0.3, -0.25) is 10.3 Å². The van der Waals surface area contributed by atoms with E-state index >= 15 is 0 Å². The van der Waals surface area contributed by atoms with Gasteiger partial charge in [-0.1, -0.05) is 26.0 Å². The third kappa shape index (κ3) is 12.9. The van der Waals surface area contributed by atoms with Gasteiger partial charge in [-0.15, -0.1) is 24.0 Å². The van der Waals surface area contributed by atoms with Crippen LogP contribution in [-0.4, -0.2) is 63.3 Å². The van der Waals surface area contributed by atoms with Crippen molar-refractivity contribution in [3.8, 4) is 0 Å². The van der Waals surface area contributed by atoms with Gasteiger partial charge < -0.3 is 20.3 Å². The lowest BCUT2D eigenvalue weighted by Crippen LogP contribution is -2.45. The SMILES string of the molecule is CN=C(NCCc1ccc(NC(=O)OC(C)(C)C)cc1)NCC(C)(C)CN(C)C.I. The highest BCUT2D eigenvalue weighted by molar-refractivity contribution is 14.0. The minimum Gasteiger partial charge on any atom is -0.444 e. The van der Waals surface area contributed by atoms with Gasteiger partial charge >= 0.3 is 6.09 Å². The first-order valence-electron chi connectivity index (χ1n) is 10.1. The normalized spacial score (nSPS) is 12.2. The van der Waals surface area contributed by atoms with Gasteiger partial charge in [0, 0.05) is 32.4 Å². The Morgan fingerprint density at radius 3 is 2.17 bits per heavy atom. The Balaban J connectivity index is 0.00000841. The van der Waals surface area contributed by atoms with Crippen LogP contribution in [0.4, 0.5) is 10.5 Å². The second kappa shape index (κ2) is 13.0. The van der Waals surface area contributed by atoms with Crippen molar-refractivity contribution in [1.29, 1.82) is 0 Å². The van der Waals surface area contributed by atoms with Crippen LogP contribution in [0.15, 0.2) is 29.3 Å². The van der Waals surface area contributed by atoms with E-state index in [9.17, 15) is 4.79 Å². The number of nitrogens with zero attached hydrogens (tertiary/aromatic N) is 2. The summed E-state index contributed by atoms with van der Waals surface area (Å²) in [5, 5.41) is 9.50. The summed E-state index contributed by atoms with van der Waals surface area (Å²) < 4.78 is 5.26. The van der Waals surface area contributed by atoms with Crippen molar-refractivity contribution in [3.63, 3.8) is 0 Å². The molecule has 0 aliphatic rings. The Morgan fingerprint density at radius 2 is 1.67 bits per heavy atom. The Hall–Kier alpha value is -1.55. The number of carbonyl (C=O) groups is 1. The van der Waals surface area contributed by atoms with Gasteiger partial charge in [0.2, 0.25) is 0 Å². The molecular formula is C22H40IN5O2. The molecule has 0 aromatic heterocycles. The van der Waals surface area contributed by atoms with Crippen molar-refractivity contribution in [2.24, 2.45) is 10.4 Å². The average molecular weight is 533 g/mol. The molecule has 0 bridgehead atoms. The predicted octanol–water partition coefficient (Wildman–Crippen LogP) is 3.95. The summed E-state index contributed by atoms with van der Waals surface area (Å²) in [6.45, 7) is 12.6. The van der Waals surface area contributed by atoms with Gasteiger partial charge in [0.15, 0.2) is 5.96 Å². The van der Waals surface area contributed by atoms with Gasteiger partial charge in [0.05, 0.1) is 0 Å². The second-order valence-electron chi connectivity index (χ2n) is 9.33. The first kappa shape index (κ1) is 28.5. The van der Waals surface area contributed by atoms with E-state index in [0.29, 0.717) is 0 Å². The van der Waals surface area contributed by atoms with Crippen LogP contribution in [0.1, 0.15) is 40.2 Å². The van der Waals surface area contributed by atoms with Crippen LogP contribution in [0.5, 0.6) is 0 Å². The molecule has 1 aromatic rings. The maximum atomic E-state index is 11.8. The molecule has 1 amide bonds. The van der Waals surface area contributed by atoms with Crippen molar-refractivity contribution in [2.75, 3.05) is 46.1 Å². The van der Waals surface area contributed by atoms with E-state index in [0.717, 1.165) is 37.7 Å². The number of hydrogen-bond donors (Lipinski definition) is 3. The van der Waals surface area contributed by atoms with Crippen LogP contribution < -0.4 is 16.0 Å². The van der Waals surface area contributed by atoms with E-state index in [-0.39, 0.29) is 29.4 Å². The summed E-state index contributed by atoms with van der Waals surface area (Å²) in [6.07, 6.45) is 0.410. The maximum Gasteiger partial charge on any atom is 0.412 e. The Bertz CT molecular complexity index is 667. The van der Waals surface area contributed by atoms with Gasteiger partial charge in [0.1, 0.15) is 5.60 Å². The first-order valence-corrected chi connectivity index (χ1v) is 10.1. The molecule has 0 radical (unpaired) electrons. The fourth-order valence-corrected chi connectivity index (χ4v) is 2.96. The minimum atomic E-state index is -0.510. The number of aliphatic imine (C=N–C) groups is 1. The summed E-state index contributed by atoms with van der Waals surface area (Å²) in [4.78, 5) is 18.3. The third-order valence-corrected chi connectivity index (χ3v) is 4.01. The van der Waals surface area contributed by atoms with Gasteiger partial charge in [0.25, 0.3) is 0 Å². The standard InChI is InChI=1S/C22H39N5O2.HI/c1-21(2,3)29-20(28)26-18-11-9-17(10-12-18)13-14-24-19(23-6)25-15-22(4,5)16-27(7)8;/h9-12H,13-16H2,1-8H3,(H,26,28)(H2,23,24,25);1H. The van der Waals surface area contributed by atoms with Crippen molar-refractivity contribution in [2.45, 2.75) is 46.6 Å². The number of carbonyl (C=O) groups excluding carboxylic acids is 1. The summed E-state index contributed by atoms with van der Waals surface area (Å²) in [6, 6.07) is 7.78. The number of nitrogens with one attached hydrogen (secondary N) is 3. The Morgan fingerprint density at radius 1 is 1.07 bits per heavy atom. The number of benzene rings is 1. The second-order valence-corrected chi connectivity index (χ2v) is 9.33. The quantitative estimate of drug-likeness (QED) is 0.268. The summed E-state index contributed by atoms with van der Waals surface area (Å²) in [5.41, 5.74) is 1.54. The molecule has 0 atom stereocenters. The monoisotopic (exact) mass is 533 g/mol. The first-order chi connectivity index (χ1) is 13.4. The Kier molecular flexibility index (Phi) is 12.3. The molecule has 0 heterocycles. The molecule has 0 unspecified atom stereocenters. The molecule has 1 aromatic carbocycles. The van der Waals surface area contributed by atoms with Crippen molar-refractivity contribution in [3.05, 3.63) is 29.8 Å². The van der Waals surface area contributed by atoms with E-state index in [1.54, 1.807) is 7.05 Å². The van der Waals surface area contributed by atoms with Crippen molar-refractivity contribution >= 4 is 41.7 Å². The third-order valence-electron chi connectivity index (χ3n) is 4.01. The molecule has 0 spiro atoms. The van der Waals surface area contributed by atoms with E-state index in [1.165, 1.54) is 5.56 Å². The highest BCUT2D eigenvalue weighted by Crippen LogP contribution is 2.14. The molecule has 7 nitrogen and oxygen atoms in total. The molecule has 3 N–H and O–H groups in total. The molecule has 172 valence electrons. The van der Waals surface area contributed by atoms with Gasteiger partial charge in [-0.2, -0.15) is 0 Å². The number of ether oxygens (including phenoxy) is 1. The largest absolute Gasteiger partial charge is 0.444 e. The molecule has 0 aliphatic carbocycles. The van der Waals surface area contributed by atoms with Crippen molar-refractivity contribution < 1.29 is 9.53 Å². The lowest BCUT2D eigenvalue weighted by atomic mass is 9.93. The highest BCUT2D eigenvalue weighted by Gasteiger charge is 2.19. The molecule has 0 saturated heterocycles. The van der Waals surface area contributed by atoms with Crippen LogP contribution in [-0.2, 0) is 11.2 Å². The molecule has 0 fully saturated rings. The summed E-state index contributed by atoms with van der Waals surface area (Å²) >= 11 is 0. The lowest BCUT2D eigenvalue weighted by Gasteiger charge is -2.29. The number of hydrogen-bond acceptors (Lipinski definition) is 4. The van der Waals surface area contributed by atoms with Crippen LogP contribution in [0.3, 0.4) is 0 Å². The maximum absolute atomic E-state index is 11.8. The van der Waals surface area contributed by atoms with E-state index in [2.05, 4.69) is 53.8 Å². The van der Waals surface area contributed by atoms with Gasteiger partial charge in [-0.25, -0.2) is 4.79 Å². The number of guanidine groups is 1. The topological polar surface area (TPSA) is 78.0 Å². The van der Waals surface area contributed by atoms with E-state index < -0.39 is 11.7 Å². The summed E-state index contributed by atoms with van der Waals surface area (Å²) in [7, 11) is 5.96. The smallest absolute Gasteiger partial charge is 0.412 e. The molecule has 8 heteroatoms. The van der Waals surface area contributed by atoms with E-state index in [1.807, 2.05) is 45.0 Å². The number of halogens is 1. The number of anilines is 1. The zero-order valence-electron chi connectivity index (χ0n) is 19.8. The zero-order valence-corrected chi connectivity index (χ0v) is 22.1. The molecule has 0 saturated carbocycles. The minimum absolute atomic E-state index is 0. The molecule has 0 aliphatic heterocycles. The zero-order chi connectivity index (χ0) is 22.1. The molecule has 1 rings (SSSR count). The summed E-state index contributed by atoms with van der Waals surface area (Å²) in [5.74, 6) is 0.806. The average Bonchev–Trinajstić information content (AvgIpc) is 2.56. The molecule has 30 heavy (non-hydrogen) atoms. The number of rotatable bonds is 8. The van der Waals surface area contributed by atoms with E-state index in [4.69, 9.17) is 4.74 Å². The predicted molar refractivity (Wildman–Crippen MR) is 137 cm³/mol. The highest BCUT2D eigenvalue weighted by atomic mass is 127. The molecular weight excluding hydrogens is 493 g/mol. The Labute approximate surface area is 199 Å².